The molecule has 0 aliphatic carbocycles. The van der Waals surface area contributed by atoms with Crippen molar-refractivity contribution in [2.75, 3.05) is 0 Å². The smallest absolute Gasteiger partial charge is 0.211 e. The van der Waals surface area contributed by atoms with Crippen molar-refractivity contribution >= 4 is 11.4 Å². The summed E-state index contributed by atoms with van der Waals surface area (Å²) in [7, 11) is 0. The van der Waals surface area contributed by atoms with Crippen molar-refractivity contribution in [2.45, 2.75) is 6.92 Å². The highest BCUT2D eigenvalue weighted by molar-refractivity contribution is 6.07. The van der Waals surface area contributed by atoms with Crippen molar-refractivity contribution in [3.63, 3.8) is 0 Å². The Labute approximate surface area is 104 Å². The summed E-state index contributed by atoms with van der Waals surface area (Å²) in [6.45, 7) is 1.99. The van der Waals surface area contributed by atoms with E-state index in [-0.39, 0.29) is 5.78 Å². The molecule has 0 fully saturated rings. The van der Waals surface area contributed by atoms with Crippen LogP contribution in [-0.2, 0) is 0 Å². The van der Waals surface area contributed by atoms with E-state index in [0.717, 1.165) is 5.56 Å². The summed E-state index contributed by atoms with van der Waals surface area (Å²) in [6.07, 6.45) is 5.07. The molecule has 0 atom stereocenters. The number of hydrogen-bond acceptors (Lipinski definition) is 3. The van der Waals surface area contributed by atoms with Crippen LogP contribution in [0.3, 0.4) is 0 Å². The standard InChI is InChI=1S/C14H11N3O/c1-10-2-4-11(5-3-10)14(18)12-6-7-17-9-15-8-13(17)16-12/h2-9H,1H3. The first-order valence-electron chi connectivity index (χ1n) is 5.64. The van der Waals surface area contributed by atoms with Crippen LogP contribution in [0.4, 0.5) is 0 Å². The van der Waals surface area contributed by atoms with Gasteiger partial charge in [0, 0.05) is 11.8 Å². The van der Waals surface area contributed by atoms with Crippen molar-refractivity contribution in [1.29, 1.82) is 0 Å². The van der Waals surface area contributed by atoms with Gasteiger partial charge in [-0.1, -0.05) is 29.8 Å². The van der Waals surface area contributed by atoms with Crippen molar-refractivity contribution in [3.8, 4) is 0 Å². The molecule has 3 rings (SSSR count). The zero-order valence-corrected chi connectivity index (χ0v) is 9.87. The van der Waals surface area contributed by atoms with E-state index in [4.69, 9.17) is 0 Å². The molecule has 18 heavy (non-hydrogen) atoms. The van der Waals surface area contributed by atoms with Crippen molar-refractivity contribution in [2.24, 2.45) is 0 Å². The largest absolute Gasteiger partial charge is 0.291 e. The van der Waals surface area contributed by atoms with Gasteiger partial charge < -0.3 is 0 Å². The molecule has 3 aromatic rings. The highest BCUT2D eigenvalue weighted by Gasteiger charge is 2.10. The minimum absolute atomic E-state index is 0.0706. The molecular weight excluding hydrogens is 226 g/mol. The molecule has 2 aromatic heterocycles. The summed E-state index contributed by atoms with van der Waals surface area (Å²) in [5, 5.41) is 0. The number of benzene rings is 1. The minimum Gasteiger partial charge on any atom is -0.291 e. The lowest BCUT2D eigenvalue weighted by atomic mass is 10.1. The lowest BCUT2D eigenvalue weighted by Gasteiger charge is -2.01. The summed E-state index contributed by atoms with van der Waals surface area (Å²) < 4.78 is 1.77. The number of nitrogens with zero attached hydrogens (tertiary/aromatic N) is 3. The highest BCUT2D eigenvalue weighted by Crippen LogP contribution is 2.10. The first-order valence-corrected chi connectivity index (χ1v) is 5.64. The van der Waals surface area contributed by atoms with Gasteiger partial charge in [0.15, 0.2) is 5.65 Å². The fourth-order valence-electron chi connectivity index (χ4n) is 1.79. The van der Waals surface area contributed by atoms with Crippen molar-refractivity contribution < 1.29 is 4.79 Å². The van der Waals surface area contributed by atoms with Crippen LogP contribution in [-0.4, -0.2) is 20.2 Å². The van der Waals surface area contributed by atoms with Gasteiger partial charge in [-0.05, 0) is 13.0 Å². The lowest BCUT2D eigenvalue weighted by Crippen LogP contribution is -2.05. The highest BCUT2D eigenvalue weighted by atomic mass is 16.1. The van der Waals surface area contributed by atoms with E-state index in [9.17, 15) is 4.79 Å². The van der Waals surface area contributed by atoms with Crippen LogP contribution >= 0.6 is 0 Å². The zero-order valence-electron chi connectivity index (χ0n) is 9.87. The molecule has 0 aliphatic heterocycles. The number of carbonyl (C=O) groups is 1. The van der Waals surface area contributed by atoms with E-state index in [0.29, 0.717) is 16.9 Å². The molecule has 0 radical (unpaired) electrons. The molecule has 0 amide bonds. The first kappa shape index (κ1) is 10.7. The molecule has 0 unspecified atom stereocenters. The summed E-state index contributed by atoms with van der Waals surface area (Å²) in [4.78, 5) is 20.5. The number of rotatable bonds is 2. The van der Waals surface area contributed by atoms with Gasteiger partial charge in [0.2, 0.25) is 5.78 Å². The van der Waals surface area contributed by atoms with E-state index in [2.05, 4.69) is 9.97 Å². The summed E-state index contributed by atoms with van der Waals surface area (Å²) in [6, 6.07) is 9.19. The van der Waals surface area contributed by atoms with Crippen LogP contribution in [0.2, 0.25) is 0 Å². The molecule has 0 bridgehead atoms. The van der Waals surface area contributed by atoms with Gasteiger partial charge in [0.25, 0.3) is 0 Å². The number of hydrogen-bond donors (Lipinski definition) is 0. The molecule has 0 aliphatic rings. The van der Waals surface area contributed by atoms with Crippen molar-refractivity contribution in [3.05, 3.63) is 65.9 Å². The third kappa shape index (κ3) is 1.78. The summed E-state index contributed by atoms with van der Waals surface area (Å²) in [5.41, 5.74) is 2.89. The molecule has 0 spiro atoms. The first-order chi connectivity index (χ1) is 8.74. The van der Waals surface area contributed by atoms with E-state index >= 15 is 0 Å². The maximum atomic E-state index is 12.2. The summed E-state index contributed by atoms with van der Waals surface area (Å²) in [5.74, 6) is -0.0706. The Morgan fingerprint density at radius 1 is 1.17 bits per heavy atom. The Hall–Kier alpha value is -2.49. The van der Waals surface area contributed by atoms with Crippen LogP contribution in [0.1, 0.15) is 21.6 Å². The molecule has 2 heterocycles. The third-order valence-electron chi connectivity index (χ3n) is 2.82. The normalized spacial score (nSPS) is 10.7. The van der Waals surface area contributed by atoms with Gasteiger partial charge >= 0.3 is 0 Å². The maximum Gasteiger partial charge on any atom is 0.211 e. The predicted octanol–water partition coefficient (Wildman–Crippen LogP) is 2.27. The third-order valence-corrected chi connectivity index (χ3v) is 2.82. The second-order valence-electron chi connectivity index (χ2n) is 4.17. The average molecular weight is 237 g/mol. The topological polar surface area (TPSA) is 47.3 Å². The number of carbonyl (C=O) groups excluding carboxylic acids is 1. The van der Waals surface area contributed by atoms with Crippen LogP contribution < -0.4 is 0 Å². The number of aryl methyl sites for hydroxylation is 1. The van der Waals surface area contributed by atoms with E-state index in [1.54, 1.807) is 29.2 Å². The molecule has 1 aromatic carbocycles. The quantitative estimate of drug-likeness (QED) is 0.642. The van der Waals surface area contributed by atoms with Gasteiger partial charge in [0.05, 0.1) is 6.20 Å². The predicted molar refractivity (Wildman–Crippen MR) is 67.6 cm³/mol. The number of fused-ring (bicyclic) bond motifs is 1. The van der Waals surface area contributed by atoms with Crippen LogP contribution in [0.5, 0.6) is 0 Å². The Morgan fingerprint density at radius 3 is 2.72 bits per heavy atom. The van der Waals surface area contributed by atoms with Crippen LogP contribution in [0.25, 0.3) is 5.65 Å². The van der Waals surface area contributed by atoms with Gasteiger partial charge in [-0.25, -0.2) is 9.97 Å². The number of ketones is 1. The fraction of sp³-hybridized carbons (Fsp3) is 0.0714. The molecule has 4 heteroatoms. The molecular formula is C14H11N3O. The Balaban J connectivity index is 2.03. The zero-order chi connectivity index (χ0) is 12.5. The number of imidazole rings is 1. The molecule has 0 N–H and O–H groups in total. The van der Waals surface area contributed by atoms with Crippen LogP contribution in [0, 0.1) is 6.92 Å². The molecule has 4 nitrogen and oxygen atoms in total. The maximum absolute atomic E-state index is 12.2. The molecule has 0 saturated carbocycles. The molecule has 0 saturated heterocycles. The SMILES string of the molecule is Cc1ccc(C(=O)c2ccn3cncc3n2)cc1. The lowest BCUT2D eigenvalue weighted by molar-refractivity contribution is 0.103. The van der Waals surface area contributed by atoms with Gasteiger partial charge in [-0.2, -0.15) is 0 Å². The fourth-order valence-corrected chi connectivity index (χ4v) is 1.79. The summed E-state index contributed by atoms with van der Waals surface area (Å²) >= 11 is 0. The van der Waals surface area contributed by atoms with Gasteiger partial charge in [-0.15, -0.1) is 0 Å². The van der Waals surface area contributed by atoms with Gasteiger partial charge in [0.1, 0.15) is 12.0 Å². The monoisotopic (exact) mass is 237 g/mol. The molecule has 88 valence electrons. The van der Waals surface area contributed by atoms with E-state index < -0.39 is 0 Å². The van der Waals surface area contributed by atoms with E-state index in [1.807, 2.05) is 31.2 Å². The van der Waals surface area contributed by atoms with Crippen LogP contribution in [0.15, 0.2) is 49.1 Å². The average Bonchev–Trinajstić information content (AvgIpc) is 2.86. The van der Waals surface area contributed by atoms with Gasteiger partial charge in [-0.3, -0.25) is 9.20 Å². The Morgan fingerprint density at radius 2 is 1.94 bits per heavy atom. The van der Waals surface area contributed by atoms with Crippen molar-refractivity contribution in [1.82, 2.24) is 14.4 Å². The Kier molecular flexibility index (Phi) is 2.41. The Bertz CT molecular complexity index is 713. The second kappa shape index (κ2) is 4.07. The van der Waals surface area contributed by atoms with E-state index in [1.165, 1.54) is 0 Å². The number of aromatic nitrogens is 3. The minimum atomic E-state index is -0.0706. The second-order valence-corrected chi connectivity index (χ2v) is 4.17.